The summed E-state index contributed by atoms with van der Waals surface area (Å²) in [4.78, 5) is 16.3. The number of halogens is 1. The lowest BCUT2D eigenvalue weighted by atomic mass is 10.0. The molecule has 0 fully saturated rings. The molecule has 0 spiro atoms. The Morgan fingerprint density at radius 1 is 1.08 bits per heavy atom. The lowest BCUT2D eigenvalue weighted by molar-refractivity contribution is 0.445. The van der Waals surface area contributed by atoms with Crippen molar-refractivity contribution in [1.82, 2.24) is 9.29 Å². The molecule has 0 atom stereocenters. The summed E-state index contributed by atoms with van der Waals surface area (Å²) in [5.74, 6) is 0. The van der Waals surface area contributed by atoms with Crippen LogP contribution in [0.15, 0.2) is 34.0 Å². The van der Waals surface area contributed by atoms with Gasteiger partial charge in [0.2, 0.25) is 10.0 Å². The molecule has 2 aromatic carbocycles. The van der Waals surface area contributed by atoms with E-state index in [4.69, 9.17) is 11.6 Å². The number of hydrogen-bond acceptors (Lipinski definition) is 3. The number of nitrogens with one attached hydrogen (secondary N) is 1. The lowest BCUT2D eigenvalue weighted by Gasteiger charge is -2.19. The molecule has 0 radical (unpaired) electrons. The van der Waals surface area contributed by atoms with Gasteiger partial charge in [0.15, 0.2) is 5.43 Å². The van der Waals surface area contributed by atoms with Gasteiger partial charge in [0.25, 0.3) is 0 Å². The molecule has 0 amide bonds. The molecule has 3 rings (SSSR count). The first kappa shape index (κ1) is 18.9. The van der Waals surface area contributed by atoms with Crippen LogP contribution in [0.4, 0.5) is 0 Å². The van der Waals surface area contributed by atoms with Gasteiger partial charge in [-0.25, -0.2) is 8.42 Å². The van der Waals surface area contributed by atoms with E-state index in [1.54, 1.807) is 13.8 Å². The Morgan fingerprint density at radius 3 is 2.31 bits per heavy atom. The zero-order valence-corrected chi connectivity index (χ0v) is 16.8. The van der Waals surface area contributed by atoms with Gasteiger partial charge >= 0.3 is 0 Å². The lowest BCUT2D eigenvalue weighted by Crippen LogP contribution is -2.31. The molecule has 1 heterocycles. The Labute approximate surface area is 157 Å². The van der Waals surface area contributed by atoms with Crippen LogP contribution in [0.1, 0.15) is 25.0 Å². The molecule has 0 aliphatic heterocycles. The Morgan fingerprint density at radius 2 is 1.69 bits per heavy atom. The number of benzene rings is 2. The van der Waals surface area contributed by atoms with E-state index in [9.17, 15) is 13.2 Å². The molecule has 0 bridgehead atoms. The van der Waals surface area contributed by atoms with Crippen molar-refractivity contribution >= 4 is 43.4 Å². The molecule has 3 aromatic rings. The normalized spacial score (nSPS) is 12.4. The molecular formula is C19H21ClN2O3S. The molecular weight excluding hydrogens is 372 g/mol. The molecule has 7 heteroatoms. The maximum atomic E-state index is 13.1. The molecule has 5 nitrogen and oxygen atoms in total. The van der Waals surface area contributed by atoms with Crippen LogP contribution in [-0.4, -0.2) is 30.8 Å². The van der Waals surface area contributed by atoms with Crippen molar-refractivity contribution in [2.75, 3.05) is 13.1 Å². The van der Waals surface area contributed by atoms with E-state index in [1.165, 1.54) is 16.4 Å². The smallest absolute Gasteiger partial charge is 0.244 e. The summed E-state index contributed by atoms with van der Waals surface area (Å²) in [6.45, 7) is 7.99. The zero-order valence-electron chi connectivity index (χ0n) is 15.2. The monoisotopic (exact) mass is 392 g/mol. The number of rotatable bonds is 4. The molecule has 0 saturated heterocycles. The zero-order chi connectivity index (χ0) is 19.2. The Hall–Kier alpha value is -1.89. The molecule has 0 saturated carbocycles. The second kappa shape index (κ2) is 6.68. The summed E-state index contributed by atoms with van der Waals surface area (Å²) in [6.07, 6.45) is 0. The van der Waals surface area contributed by atoms with Crippen LogP contribution in [0, 0.1) is 13.8 Å². The predicted octanol–water partition coefficient (Wildman–Crippen LogP) is 3.98. The standard InChI is InChI=1S/C19H21ClN2O3S/c1-5-22(6-2)26(24,25)16-9-13-15(10-14(16)20)21-18-12(4)8-7-11(3)17(18)19(13)23/h7-10H,5-6H2,1-4H3,(H,21,23). The summed E-state index contributed by atoms with van der Waals surface area (Å²) >= 11 is 6.29. The number of sulfonamides is 1. The number of aromatic amines is 1. The van der Waals surface area contributed by atoms with Crippen LogP contribution in [-0.2, 0) is 10.0 Å². The topological polar surface area (TPSA) is 70.2 Å². The van der Waals surface area contributed by atoms with Crippen LogP contribution in [0.5, 0.6) is 0 Å². The van der Waals surface area contributed by atoms with Gasteiger partial charge in [-0.3, -0.25) is 4.79 Å². The molecule has 0 aliphatic rings. The molecule has 26 heavy (non-hydrogen) atoms. The minimum absolute atomic E-state index is 0.0366. The average Bonchev–Trinajstić information content (AvgIpc) is 2.58. The van der Waals surface area contributed by atoms with Crippen molar-refractivity contribution in [2.24, 2.45) is 0 Å². The fourth-order valence-corrected chi connectivity index (χ4v) is 5.27. The number of nitrogens with zero attached hydrogens (tertiary/aromatic N) is 1. The summed E-state index contributed by atoms with van der Waals surface area (Å²) in [7, 11) is -3.76. The third kappa shape index (κ3) is 2.82. The van der Waals surface area contributed by atoms with Crippen molar-refractivity contribution in [3.8, 4) is 0 Å². The van der Waals surface area contributed by atoms with Gasteiger partial charge in [-0.15, -0.1) is 0 Å². The minimum atomic E-state index is -3.76. The van der Waals surface area contributed by atoms with Gasteiger partial charge in [-0.2, -0.15) is 4.31 Å². The third-order valence-corrected chi connectivity index (χ3v) is 7.26. The highest BCUT2D eigenvalue weighted by molar-refractivity contribution is 7.89. The van der Waals surface area contributed by atoms with Crippen LogP contribution in [0.25, 0.3) is 21.8 Å². The molecule has 138 valence electrons. The highest BCUT2D eigenvalue weighted by Crippen LogP contribution is 2.30. The van der Waals surface area contributed by atoms with Crippen LogP contribution in [0.2, 0.25) is 5.02 Å². The second-order valence-corrected chi connectivity index (χ2v) is 8.63. The number of fused-ring (bicyclic) bond motifs is 2. The molecule has 1 N–H and O–H groups in total. The van der Waals surface area contributed by atoms with Crippen LogP contribution in [0.3, 0.4) is 0 Å². The molecule has 0 unspecified atom stereocenters. The number of H-pyrrole nitrogens is 1. The quantitative estimate of drug-likeness (QED) is 0.682. The second-order valence-electron chi connectivity index (χ2n) is 6.32. The average molecular weight is 393 g/mol. The van der Waals surface area contributed by atoms with E-state index in [2.05, 4.69) is 4.98 Å². The van der Waals surface area contributed by atoms with E-state index < -0.39 is 10.0 Å². The van der Waals surface area contributed by atoms with Crippen molar-refractivity contribution in [3.05, 3.63) is 50.6 Å². The van der Waals surface area contributed by atoms with E-state index in [-0.39, 0.29) is 15.3 Å². The van der Waals surface area contributed by atoms with Crippen molar-refractivity contribution in [2.45, 2.75) is 32.6 Å². The summed E-state index contributed by atoms with van der Waals surface area (Å²) < 4.78 is 27.1. The fourth-order valence-electron chi connectivity index (χ4n) is 3.28. The molecule has 1 aromatic heterocycles. The Bertz CT molecular complexity index is 1180. The van der Waals surface area contributed by atoms with Gasteiger partial charge in [0.05, 0.1) is 16.1 Å². The predicted molar refractivity (Wildman–Crippen MR) is 107 cm³/mol. The Balaban J connectivity index is 2.43. The highest BCUT2D eigenvalue weighted by atomic mass is 35.5. The van der Waals surface area contributed by atoms with E-state index >= 15 is 0 Å². The van der Waals surface area contributed by atoms with Crippen molar-refractivity contribution in [3.63, 3.8) is 0 Å². The van der Waals surface area contributed by atoms with E-state index in [0.717, 1.165) is 16.6 Å². The first-order valence-corrected chi connectivity index (χ1v) is 10.3. The summed E-state index contributed by atoms with van der Waals surface area (Å²) in [6, 6.07) is 6.75. The largest absolute Gasteiger partial charge is 0.354 e. The van der Waals surface area contributed by atoms with Crippen LogP contribution >= 0.6 is 11.6 Å². The van der Waals surface area contributed by atoms with Gasteiger partial charge in [0.1, 0.15) is 4.90 Å². The van der Waals surface area contributed by atoms with Gasteiger partial charge in [-0.1, -0.05) is 37.6 Å². The van der Waals surface area contributed by atoms with Gasteiger partial charge in [0, 0.05) is 23.9 Å². The minimum Gasteiger partial charge on any atom is -0.354 e. The number of hydrogen-bond donors (Lipinski definition) is 1. The van der Waals surface area contributed by atoms with Crippen LogP contribution < -0.4 is 5.43 Å². The Kier molecular flexibility index (Phi) is 4.86. The fraction of sp³-hybridized carbons (Fsp3) is 0.316. The van der Waals surface area contributed by atoms with Crippen molar-refractivity contribution in [1.29, 1.82) is 0 Å². The maximum absolute atomic E-state index is 13.1. The van der Waals surface area contributed by atoms with E-state index in [1.807, 2.05) is 26.0 Å². The SMILES string of the molecule is CCN(CC)S(=O)(=O)c1cc2c(=O)c3c(C)ccc(C)c3[nH]c2cc1Cl. The number of aryl methyl sites for hydroxylation is 2. The third-order valence-electron chi connectivity index (χ3n) is 4.75. The number of aromatic nitrogens is 1. The van der Waals surface area contributed by atoms with Gasteiger partial charge < -0.3 is 4.98 Å². The van der Waals surface area contributed by atoms with Crippen molar-refractivity contribution < 1.29 is 8.42 Å². The maximum Gasteiger partial charge on any atom is 0.244 e. The highest BCUT2D eigenvalue weighted by Gasteiger charge is 2.25. The van der Waals surface area contributed by atoms with Gasteiger partial charge in [-0.05, 0) is 37.1 Å². The first-order chi connectivity index (χ1) is 12.2. The molecule has 0 aliphatic carbocycles. The first-order valence-electron chi connectivity index (χ1n) is 8.48. The summed E-state index contributed by atoms with van der Waals surface area (Å²) in [5, 5.41) is 0.997. The van der Waals surface area contributed by atoms with E-state index in [0.29, 0.717) is 29.4 Å². The summed E-state index contributed by atoms with van der Waals surface area (Å²) in [5.41, 5.74) is 2.87. The number of pyridine rings is 1.